The molecule has 1 saturated heterocycles. The number of fused-ring (bicyclic) bond motifs is 1. The number of benzene rings is 2. The van der Waals surface area contributed by atoms with Crippen molar-refractivity contribution in [2.45, 2.75) is 57.3 Å². The minimum Gasteiger partial charge on any atom is -0.376 e. The van der Waals surface area contributed by atoms with E-state index in [0.29, 0.717) is 32.4 Å². The molecule has 2 amide bonds. The Morgan fingerprint density at radius 1 is 1.15 bits per heavy atom. The van der Waals surface area contributed by atoms with E-state index in [9.17, 15) is 14.7 Å². The number of carbonyl (C=O) groups is 2. The Labute approximate surface area is 230 Å². The van der Waals surface area contributed by atoms with Gasteiger partial charge in [-0.2, -0.15) is 0 Å². The van der Waals surface area contributed by atoms with Crippen LogP contribution in [0.5, 0.6) is 0 Å². The molecule has 1 fully saturated rings. The lowest BCUT2D eigenvalue weighted by atomic mass is 9.74. The lowest BCUT2D eigenvalue weighted by Gasteiger charge is -2.45. The maximum atomic E-state index is 13.6. The molecule has 1 aliphatic rings. The quantitative estimate of drug-likeness (QED) is 0.254. The van der Waals surface area contributed by atoms with Gasteiger partial charge in [-0.25, -0.2) is 5.01 Å². The molecule has 2 heterocycles. The zero-order valence-corrected chi connectivity index (χ0v) is 23.4. The molecule has 0 saturated carbocycles. The van der Waals surface area contributed by atoms with E-state index in [1.54, 1.807) is 33.0 Å². The van der Waals surface area contributed by atoms with E-state index in [1.165, 1.54) is 0 Å². The second kappa shape index (κ2) is 11.9. The van der Waals surface area contributed by atoms with E-state index in [0.717, 1.165) is 28.5 Å². The number of amides is 2. The van der Waals surface area contributed by atoms with Crippen molar-refractivity contribution >= 4 is 22.7 Å². The molecule has 1 aliphatic heterocycles. The first-order valence-corrected chi connectivity index (χ1v) is 13.6. The second-order valence-corrected chi connectivity index (χ2v) is 11.6. The number of aliphatic hydroxyl groups is 1. The maximum Gasteiger partial charge on any atom is 0.242 e. The van der Waals surface area contributed by atoms with Gasteiger partial charge in [0.2, 0.25) is 11.8 Å². The third kappa shape index (κ3) is 6.86. The van der Waals surface area contributed by atoms with E-state index in [4.69, 9.17) is 5.73 Å². The molecule has 0 aliphatic carbocycles. The number of para-hydroxylation sites is 1. The smallest absolute Gasteiger partial charge is 0.242 e. The van der Waals surface area contributed by atoms with Gasteiger partial charge in [0, 0.05) is 44.3 Å². The van der Waals surface area contributed by atoms with Crippen LogP contribution in [0.3, 0.4) is 0 Å². The summed E-state index contributed by atoms with van der Waals surface area (Å²) in [7, 11) is 3.59. The number of rotatable bonds is 10. The standard InChI is InChI=1S/C30H42N6O3/c1-29(2,31)27(38)33-25(17-22-19-32-24-14-9-8-13-23(22)24)26(37)36-16-10-15-30(20-36,28(39)34-35(3)4)18-21-11-6-5-7-12-21/h5-9,11-14,19,25-26,32,37H,10,15-18,20,31H2,1-4H3,(H,33,38)(H,34,39)/t25-,26-,30-/m1/s1. The Kier molecular flexibility index (Phi) is 8.76. The summed E-state index contributed by atoms with van der Waals surface area (Å²) in [4.78, 5) is 31.9. The number of nitrogens with zero attached hydrogens (tertiary/aromatic N) is 2. The molecule has 6 N–H and O–H groups in total. The van der Waals surface area contributed by atoms with E-state index < -0.39 is 23.2 Å². The zero-order valence-electron chi connectivity index (χ0n) is 23.4. The Balaban J connectivity index is 1.63. The minimum atomic E-state index is -1.11. The average Bonchev–Trinajstić information content (AvgIpc) is 3.30. The second-order valence-electron chi connectivity index (χ2n) is 11.6. The molecule has 3 aromatic rings. The number of hydrogen-bond donors (Lipinski definition) is 5. The van der Waals surface area contributed by atoms with Gasteiger partial charge in [0.15, 0.2) is 0 Å². The Morgan fingerprint density at radius 3 is 2.54 bits per heavy atom. The van der Waals surface area contributed by atoms with Crippen molar-refractivity contribution in [2.24, 2.45) is 11.1 Å². The molecule has 3 atom stereocenters. The number of aromatic amines is 1. The normalized spacial score (nSPS) is 20.1. The van der Waals surface area contributed by atoms with Crippen LogP contribution in [0.25, 0.3) is 10.9 Å². The first-order chi connectivity index (χ1) is 18.5. The van der Waals surface area contributed by atoms with Crippen LogP contribution in [-0.4, -0.2) is 76.8 Å². The average molecular weight is 535 g/mol. The van der Waals surface area contributed by atoms with Gasteiger partial charge in [-0.15, -0.1) is 0 Å². The molecule has 0 spiro atoms. The van der Waals surface area contributed by atoms with Gasteiger partial charge in [0.05, 0.1) is 17.0 Å². The maximum absolute atomic E-state index is 13.6. The number of piperidine rings is 1. The van der Waals surface area contributed by atoms with Gasteiger partial charge in [-0.1, -0.05) is 48.5 Å². The third-order valence-corrected chi connectivity index (χ3v) is 7.55. The van der Waals surface area contributed by atoms with Crippen LogP contribution in [0.1, 0.15) is 37.8 Å². The van der Waals surface area contributed by atoms with Gasteiger partial charge in [0.1, 0.15) is 6.23 Å². The van der Waals surface area contributed by atoms with E-state index >= 15 is 0 Å². The summed E-state index contributed by atoms with van der Waals surface area (Å²) in [6, 6.07) is 17.3. The summed E-state index contributed by atoms with van der Waals surface area (Å²) in [6.45, 7) is 4.26. The molecular formula is C30H42N6O3. The highest BCUT2D eigenvalue weighted by Gasteiger charge is 2.45. The SMILES string of the molecule is CN(C)NC(=O)[C@@]1(Cc2ccccc2)CCCN([C@H](O)[C@@H](Cc2c[nH]c3ccccc23)NC(=O)C(C)(C)N)C1. The highest BCUT2D eigenvalue weighted by molar-refractivity contribution is 5.86. The van der Waals surface area contributed by atoms with Gasteiger partial charge in [-0.3, -0.25) is 19.9 Å². The summed E-state index contributed by atoms with van der Waals surface area (Å²) in [6.07, 6.45) is 3.28. The van der Waals surface area contributed by atoms with Crippen LogP contribution in [0, 0.1) is 5.41 Å². The van der Waals surface area contributed by atoms with E-state index in [1.807, 2.05) is 65.7 Å². The van der Waals surface area contributed by atoms with Crippen LogP contribution < -0.4 is 16.5 Å². The molecule has 0 radical (unpaired) electrons. The van der Waals surface area contributed by atoms with Gasteiger partial charge in [-0.05, 0) is 56.7 Å². The summed E-state index contributed by atoms with van der Waals surface area (Å²) in [5.74, 6) is -0.419. The van der Waals surface area contributed by atoms with E-state index in [2.05, 4.69) is 15.7 Å². The number of carbonyl (C=O) groups excluding carboxylic acids is 2. The molecule has 0 bridgehead atoms. The van der Waals surface area contributed by atoms with Gasteiger partial charge >= 0.3 is 0 Å². The highest BCUT2D eigenvalue weighted by Crippen LogP contribution is 2.35. The lowest BCUT2D eigenvalue weighted by molar-refractivity contribution is -0.144. The van der Waals surface area contributed by atoms with Crippen LogP contribution in [0.15, 0.2) is 60.8 Å². The Morgan fingerprint density at radius 2 is 1.85 bits per heavy atom. The fourth-order valence-electron chi connectivity index (χ4n) is 5.49. The van der Waals surface area contributed by atoms with Crippen molar-refractivity contribution in [3.63, 3.8) is 0 Å². The topological polar surface area (TPSA) is 127 Å². The first kappa shape index (κ1) is 28.8. The number of hydrogen-bond acceptors (Lipinski definition) is 6. The number of hydrazine groups is 1. The largest absolute Gasteiger partial charge is 0.376 e. The molecule has 2 aromatic carbocycles. The fraction of sp³-hybridized carbons (Fsp3) is 0.467. The van der Waals surface area contributed by atoms with Crippen LogP contribution in [0.2, 0.25) is 0 Å². The number of aliphatic hydroxyl groups excluding tert-OH is 1. The highest BCUT2D eigenvalue weighted by atomic mass is 16.3. The van der Waals surface area contributed by atoms with Crippen molar-refractivity contribution in [1.82, 2.24) is 25.6 Å². The van der Waals surface area contributed by atoms with Crippen molar-refractivity contribution in [3.05, 3.63) is 71.9 Å². The van der Waals surface area contributed by atoms with E-state index in [-0.39, 0.29) is 11.8 Å². The molecule has 0 unspecified atom stereocenters. The predicted molar refractivity (Wildman–Crippen MR) is 153 cm³/mol. The number of H-pyrrole nitrogens is 1. The summed E-state index contributed by atoms with van der Waals surface area (Å²) in [5.41, 5.74) is 10.3. The van der Waals surface area contributed by atoms with Crippen LogP contribution >= 0.6 is 0 Å². The molecule has 39 heavy (non-hydrogen) atoms. The van der Waals surface area contributed by atoms with Crippen molar-refractivity contribution < 1.29 is 14.7 Å². The van der Waals surface area contributed by atoms with Crippen LogP contribution in [-0.2, 0) is 22.4 Å². The molecule has 210 valence electrons. The Bertz CT molecular complexity index is 1270. The number of aromatic nitrogens is 1. The zero-order chi connectivity index (χ0) is 28.2. The number of likely N-dealkylation sites (tertiary alicyclic amines) is 1. The molecule has 9 heteroatoms. The predicted octanol–water partition coefficient (Wildman–Crippen LogP) is 2.17. The van der Waals surface area contributed by atoms with Gasteiger partial charge in [0.25, 0.3) is 0 Å². The van der Waals surface area contributed by atoms with Crippen LogP contribution in [0.4, 0.5) is 0 Å². The molecule has 4 rings (SSSR count). The summed E-state index contributed by atoms with van der Waals surface area (Å²) < 4.78 is 0. The molecule has 1 aromatic heterocycles. The fourth-order valence-corrected chi connectivity index (χ4v) is 5.49. The van der Waals surface area contributed by atoms with Crippen molar-refractivity contribution in [2.75, 3.05) is 27.2 Å². The first-order valence-electron chi connectivity index (χ1n) is 13.6. The Hall–Kier alpha value is -3.24. The molecular weight excluding hydrogens is 492 g/mol. The number of nitrogens with two attached hydrogens (primary N) is 1. The summed E-state index contributed by atoms with van der Waals surface area (Å²) in [5, 5.41) is 17.5. The monoisotopic (exact) mass is 534 g/mol. The summed E-state index contributed by atoms with van der Waals surface area (Å²) >= 11 is 0. The van der Waals surface area contributed by atoms with Gasteiger partial charge < -0.3 is 21.1 Å². The van der Waals surface area contributed by atoms with Crippen molar-refractivity contribution in [1.29, 1.82) is 0 Å². The lowest BCUT2D eigenvalue weighted by Crippen LogP contribution is -2.62. The van der Waals surface area contributed by atoms with Crippen molar-refractivity contribution in [3.8, 4) is 0 Å². The minimum absolute atomic E-state index is 0.0754. The third-order valence-electron chi connectivity index (χ3n) is 7.55. The number of nitrogens with one attached hydrogen (secondary N) is 3. The molecule has 9 nitrogen and oxygen atoms in total.